The van der Waals surface area contributed by atoms with E-state index >= 15 is 0 Å². The Morgan fingerprint density at radius 1 is 0.459 bits per heavy atom. The van der Waals surface area contributed by atoms with Crippen LogP contribution in [0.1, 0.15) is 76.8 Å². The molecular formula is C46H66N12O16. The van der Waals surface area contributed by atoms with Crippen LogP contribution in [0.2, 0.25) is 0 Å². The highest BCUT2D eigenvalue weighted by Gasteiger charge is 2.36. The van der Waals surface area contributed by atoms with Crippen LogP contribution in [-0.2, 0) is 70.4 Å². The fourth-order valence-electron chi connectivity index (χ4n) is 6.94. The topological polar surface area (TPSA) is 500 Å². The Balaban J connectivity index is 2.54. The SMILES string of the molecule is CC(C)C[C@H](NC(=O)[C@H](Cc1ccc(O)cc1)NC(=O)[C@H](CC(N)=O)NC(=O)[C@H](CC(N)=O)NC(=O)[C@H](Cc1ccc(O)cc1)NC(=O)[C@H](CCC(N)=O)NC(=O)[C@@H](N)CCC(N)=O)C(=O)N[C@H](C(=O)O)[C@@H](C)O. The van der Waals surface area contributed by atoms with E-state index in [0.29, 0.717) is 11.1 Å². The van der Waals surface area contributed by atoms with Gasteiger partial charge in [-0.15, -0.1) is 0 Å². The van der Waals surface area contributed by atoms with Gasteiger partial charge in [-0.2, -0.15) is 0 Å². The van der Waals surface area contributed by atoms with E-state index in [2.05, 4.69) is 37.2 Å². The Labute approximate surface area is 424 Å². The molecule has 0 aliphatic heterocycles. The molecule has 21 N–H and O–H groups in total. The predicted octanol–water partition coefficient (Wildman–Crippen LogP) is -5.60. The molecule has 0 radical (unpaired) electrons. The molecule has 2 rings (SSSR count). The first-order valence-electron chi connectivity index (χ1n) is 23.0. The van der Waals surface area contributed by atoms with E-state index in [9.17, 15) is 78.0 Å². The number of carboxylic acid groups (broad SMARTS) is 1. The lowest BCUT2D eigenvalue weighted by Crippen LogP contribution is -2.61. The summed E-state index contributed by atoms with van der Waals surface area (Å²) in [6.07, 6.45) is -5.69. The summed E-state index contributed by atoms with van der Waals surface area (Å²) in [6, 6.07) is -2.89. The maximum Gasteiger partial charge on any atom is 0.328 e. The largest absolute Gasteiger partial charge is 0.508 e. The summed E-state index contributed by atoms with van der Waals surface area (Å²) in [5.41, 5.74) is 27.8. The number of carbonyl (C=O) groups is 12. The highest BCUT2D eigenvalue weighted by atomic mass is 16.4. The van der Waals surface area contributed by atoms with Gasteiger partial charge in [0.15, 0.2) is 6.04 Å². The van der Waals surface area contributed by atoms with Gasteiger partial charge in [0.2, 0.25) is 65.0 Å². The number of rotatable bonds is 32. The Bertz CT molecular complexity index is 2350. The third kappa shape index (κ3) is 22.4. The van der Waals surface area contributed by atoms with E-state index < -0.39 is 157 Å². The van der Waals surface area contributed by atoms with Crippen molar-refractivity contribution < 1.29 is 78.0 Å². The van der Waals surface area contributed by atoms with Crippen molar-refractivity contribution in [3.05, 3.63) is 59.7 Å². The van der Waals surface area contributed by atoms with Gasteiger partial charge in [0.1, 0.15) is 47.8 Å². The maximum atomic E-state index is 14.1. The molecule has 11 amide bonds. The van der Waals surface area contributed by atoms with Crippen molar-refractivity contribution in [1.82, 2.24) is 37.2 Å². The number of hydrogen-bond acceptors (Lipinski definition) is 16. The highest BCUT2D eigenvalue weighted by molar-refractivity contribution is 6.00. The van der Waals surface area contributed by atoms with Gasteiger partial charge in [-0.1, -0.05) is 38.1 Å². The molecule has 0 unspecified atom stereocenters. The van der Waals surface area contributed by atoms with E-state index in [4.69, 9.17) is 28.7 Å². The number of aliphatic carboxylic acids is 1. The smallest absolute Gasteiger partial charge is 0.328 e. The lowest BCUT2D eigenvalue weighted by Gasteiger charge is -2.28. The number of nitrogens with one attached hydrogen (secondary N) is 7. The molecule has 0 heterocycles. The molecular weight excluding hydrogens is 977 g/mol. The minimum absolute atomic E-state index is 0.0722. The van der Waals surface area contributed by atoms with Crippen LogP contribution in [0.25, 0.3) is 0 Å². The molecule has 0 fully saturated rings. The van der Waals surface area contributed by atoms with Gasteiger partial charge in [-0.25, -0.2) is 4.79 Å². The van der Waals surface area contributed by atoms with Crippen molar-refractivity contribution in [1.29, 1.82) is 0 Å². The quantitative estimate of drug-likeness (QED) is 0.0325. The monoisotopic (exact) mass is 1040 g/mol. The summed E-state index contributed by atoms with van der Waals surface area (Å²) in [5, 5.41) is 55.5. The van der Waals surface area contributed by atoms with Crippen LogP contribution in [0.4, 0.5) is 0 Å². The number of aromatic hydroxyl groups is 2. The van der Waals surface area contributed by atoms with Gasteiger partial charge >= 0.3 is 5.97 Å². The molecule has 74 heavy (non-hydrogen) atoms. The number of phenols is 2. The fraction of sp³-hybridized carbons (Fsp3) is 0.478. The van der Waals surface area contributed by atoms with Gasteiger partial charge in [-0.05, 0) is 67.5 Å². The summed E-state index contributed by atoms with van der Waals surface area (Å²) in [4.78, 5) is 156. The van der Waals surface area contributed by atoms with Gasteiger partial charge < -0.3 is 86.3 Å². The first-order chi connectivity index (χ1) is 34.6. The number of aliphatic hydroxyl groups is 1. The number of primary amides is 4. The van der Waals surface area contributed by atoms with Crippen molar-refractivity contribution in [2.45, 2.75) is 133 Å². The van der Waals surface area contributed by atoms with Crippen LogP contribution in [-0.4, -0.2) is 146 Å². The number of benzene rings is 2. The summed E-state index contributed by atoms with van der Waals surface area (Å²) in [7, 11) is 0. The molecule has 9 atom stereocenters. The normalized spacial score (nSPS) is 14.6. The number of carboxylic acids is 1. The van der Waals surface area contributed by atoms with E-state index in [0.717, 1.165) is 6.92 Å². The minimum atomic E-state index is -1.97. The second-order valence-corrected chi connectivity index (χ2v) is 17.8. The molecule has 0 saturated carbocycles. The molecule has 2 aromatic rings. The fourth-order valence-corrected chi connectivity index (χ4v) is 6.94. The molecule has 2 aromatic carbocycles. The molecule has 28 heteroatoms. The van der Waals surface area contributed by atoms with Crippen LogP contribution in [0.15, 0.2) is 48.5 Å². The molecule has 0 aliphatic carbocycles. The summed E-state index contributed by atoms with van der Waals surface area (Å²) in [5.74, 6) is -14.1. The van der Waals surface area contributed by atoms with Crippen molar-refractivity contribution in [3.8, 4) is 11.5 Å². The Kier molecular flexibility index (Phi) is 24.9. The lowest BCUT2D eigenvalue weighted by atomic mass is 10.00. The Morgan fingerprint density at radius 2 is 0.797 bits per heavy atom. The number of nitrogens with two attached hydrogens (primary N) is 5. The average Bonchev–Trinajstić information content (AvgIpc) is 3.30. The number of hydrogen-bond donors (Lipinski definition) is 16. The van der Waals surface area contributed by atoms with Gasteiger partial charge in [-0.3, -0.25) is 52.7 Å². The molecule has 0 bridgehead atoms. The van der Waals surface area contributed by atoms with Crippen molar-refractivity contribution in [3.63, 3.8) is 0 Å². The van der Waals surface area contributed by atoms with Gasteiger partial charge in [0.25, 0.3) is 0 Å². The molecule has 28 nitrogen and oxygen atoms in total. The molecule has 0 aromatic heterocycles. The highest BCUT2D eigenvalue weighted by Crippen LogP contribution is 2.15. The van der Waals surface area contributed by atoms with Crippen molar-refractivity contribution in [2.24, 2.45) is 34.6 Å². The Morgan fingerprint density at radius 3 is 1.16 bits per heavy atom. The van der Waals surface area contributed by atoms with Crippen LogP contribution < -0.4 is 65.9 Å². The summed E-state index contributed by atoms with van der Waals surface area (Å²) >= 11 is 0. The number of aliphatic hydroxyl groups excluding tert-OH is 1. The van der Waals surface area contributed by atoms with Crippen LogP contribution in [0, 0.1) is 5.92 Å². The minimum Gasteiger partial charge on any atom is -0.508 e. The zero-order chi connectivity index (χ0) is 56.0. The number of phenolic OH excluding ortho intramolecular Hbond substituents is 2. The van der Waals surface area contributed by atoms with Crippen LogP contribution in [0.5, 0.6) is 11.5 Å². The van der Waals surface area contributed by atoms with Crippen molar-refractivity contribution >= 4 is 70.9 Å². The van der Waals surface area contributed by atoms with E-state index in [1.807, 2.05) is 0 Å². The van der Waals surface area contributed by atoms with Crippen molar-refractivity contribution in [2.75, 3.05) is 0 Å². The van der Waals surface area contributed by atoms with E-state index in [-0.39, 0.29) is 43.1 Å². The van der Waals surface area contributed by atoms with Crippen LogP contribution in [0.3, 0.4) is 0 Å². The first kappa shape index (κ1) is 61.7. The number of carbonyl (C=O) groups excluding carboxylic acids is 11. The summed E-state index contributed by atoms with van der Waals surface area (Å²) < 4.78 is 0. The average molecular weight is 1040 g/mol. The van der Waals surface area contributed by atoms with E-state index in [1.165, 1.54) is 48.5 Å². The third-order valence-electron chi connectivity index (χ3n) is 10.8. The second-order valence-electron chi connectivity index (χ2n) is 17.8. The van der Waals surface area contributed by atoms with Gasteiger partial charge in [0, 0.05) is 25.7 Å². The van der Waals surface area contributed by atoms with E-state index in [1.54, 1.807) is 13.8 Å². The lowest BCUT2D eigenvalue weighted by molar-refractivity contribution is -0.145. The Hall–Kier alpha value is -8.40. The maximum absolute atomic E-state index is 14.1. The zero-order valence-electron chi connectivity index (χ0n) is 40.8. The summed E-state index contributed by atoms with van der Waals surface area (Å²) in [6.45, 7) is 4.49. The first-order valence-corrected chi connectivity index (χ1v) is 23.0. The second kappa shape index (κ2) is 29.8. The number of amides is 11. The third-order valence-corrected chi connectivity index (χ3v) is 10.8. The zero-order valence-corrected chi connectivity index (χ0v) is 40.8. The molecule has 0 spiro atoms. The van der Waals surface area contributed by atoms with Crippen LogP contribution >= 0.6 is 0 Å². The standard InChI is InChI=1S/C46H66N12O16/c1-21(2)16-29(45(72)58-38(22(3)59)46(73)74)53-41(68)31(18-24-6-10-26(61)11-7-24)55-43(70)32(19-36(50)64)57-44(71)33(20-37(51)65)56-42(69)30(17-23-4-8-25(60)9-5-23)54-40(67)28(13-15-35(49)63)52-39(66)27(47)12-14-34(48)62/h4-11,21-22,27-33,38,59-61H,12-20,47H2,1-3H3,(H2,48,62)(H2,49,63)(H2,50,64)(H2,51,65)(H,52,66)(H,53,68)(H,54,67)(H,55,70)(H,56,69)(H,57,71)(H,58,72)(H,73,74)/t22-,27+,28+,29+,30+,31+,32+,33+,38+/m1/s1. The molecule has 0 saturated heterocycles. The van der Waals surface area contributed by atoms with Gasteiger partial charge in [0.05, 0.1) is 25.0 Å². The molecule has 0 aliphatic rings. The molecule has 406 valence electrons. The predicted molar refractivity (Wildman–Crippen MR) is 258 cm³/mol.